The van der Waals surface area contributed by atoms with Gasteiger partial charge in [0.2, 0.25) is 0 Å². The van der Waals surface area contributed by atoms with Crippen LogP contribution in [0.2, 0.25) is 0 Å². The predicted molar refractivity (Wildman–Crippen MR) is 90.9 cm³/mol. The summed E-state index contributed by atoms with van der Waals surface area (Å²) < 4.78 is 0.209. The molecular weight excluding hydrogens is 264 g/mol. The van der Waals surface area contributed by atoms with Crippen LogP contribution in [0, 0.1) is 0 Å². The standard InChI is InChI=1S/C18H30OS/c1-6-8-10-14-12-16(20-18(3,4)5)13-15(17(14)19)11-9-7-2/h12-13,19H,6-11H2,1-5H3. The van der Waals surface area contributed by atoms with Crippen molar-refractivity contribution in [2.45, 2.75) is 82.8 Å². The third-order valence-electron chi connectivity index (χ3n) is 3.26. The number of phenolic OH excluding ortho intramolecular Hbond substituents is 1. The van der Waals surface area contributed by atoms with E-state index in [1.807, 2.05) is 11.8 Å². The number of unbranched alkanes of at least 4 members (excludes halogenated alkanes) is 2. The van der Waals surface area contributed by atoms with Crippen molar-refractivity contribution in [3.05, 3.63) is 23.3 Å². The van der Waals surface area contributed by atoms with E-state index in [1.165, 1.54) is 17.7 Å². The first-order valence-electron chi connectivity index (χ1n) is 7.91. The Balaban J connectivity index is 3.05. The molecule has 0 spiro atoms. The van der Waals surface area contributed by atoms with Gasteiger partial charge in [0.15, 0.2) is 0 Å². The Bertz CT molecular complexity index is 389. The molecule has 1 N–H and O–H groups in total. The number of thioether (sulfide) groups is 1. The summed E-state index contributed by atoms with van der Waals surface area (Å²) in [5.41, 5.74) is 2.26. The lowest BCUT2D eigenvalue weighted by Gasteiger charge is -2.20. The monoisotopic (exact) mass is 294 g/mol. The second kappa shape index (κ2) is 7.97. The summed E-state index contributed by atoms with van der Waals surface area (Å²) in [6, 6.07) is 4.38. The molecule has 0 unspecified atom stereocenters. The third-order valence-corrected chi connectivity index (χ3v) is 4.35. The van der Waals surface area contributed by atoms with Gasteiger partial charge in [0.05, 0.1) is 0 Å². The summed E-state index contributed by atoms with van der Waals surface area (Å²) in [6.45, 7) is 11.1. The van der Waals surface area contributed by atoms with Crippen LogP contribution >= 0.6 is 11.8 Å². The van der Waals surface area contributed by atoms with Crippen LogP contribution in [0.3, 0.4) is 0 Å². The lowest BCUT2D eigenvalue weighted by atomic mass is 10.0. The van der Waals surface area contributed by atoms with Gasteiger partial charge in [-0.15, -0.1) is 11.8 Å². The zero-order valence-electron chi connectivity index (χ0n) is 13.8. The molecule has 0 aliphatic rings. The van der Waals surface area contributed by atoms with Crippen LogP contribution in [0.15, 0.2) is 17.0 Å². The zero-order chi connectivity index (χ0) is 15.2. The summed E-state index contributed by atoms with van der Waals surface area (Å²) in [5.74, 6) is 0.546. The summed E-state index contributed by atoms with van der Waals surface area (Å²) in [4.78, 5) is 1.30. The Morgan fingerprint density at radius 3 is 1.75 bits per heavy atom. The topological polar surface area (TPSA) is 20.2 Å². The molecule has 0 aromatic heterocycles. The molecule has 0 saturated heterocycles. The molecule has 0 atom stereocenters. The van der Waals surface area contributed by atoms with Gasteiger partial charge in [0.25, 0.3) is 0 Å². The van der Waals surface area contributed by atoms with E-state index in [9.17, 15) is 5.11 Å². The molecule has 0 amide bonds. The molecule has 1 aromatic carbocycles. The molecule has 1 aromatic rings. The number of hydrogen-bond donors (Lipinski definition) is 1. The highest BCUT2D eigenvalue weighted by Crippen LogP contribution is 2.37. The smallest absolute Gasteiger partial charge is 0.122 e. The van der Waals surface area contributed by atoms with Crippen molar-refractivity contribution in [2.75, 3.05) is 0 Å². The molecule has 1 nitrogen and oxygen atoms in total. The second-order valence-electron chi connectivity index (χ2n) is 6.51. The predicted octanol–water partition coefficient (Wildman–Crippen LogP) is 5.97. The molecule has 114 valence electrons. The molecule has 0 heterocycles. The summed E-state index contributed by atoms with van der Waals surface area (Å²) in [7, 11) is 0. The Kier molecular flexibility index (Phi) is 6.94. The normalized spacial score (nSPS) is 11.8. The number of aromatic hydroxyl groups is 1. The van der Waals surface area contributed by atoms with Gasteiger partial charge in [-0.3, -0.25) is 0 Å². The zero-order valence-corrected chi connectivity index (χ0v) is 14.6. The Morgan fingerprint density at radius 2 is 1.40 bits per heavy atom. The highest BCUT2D eigenvalue weighted by Gasteiger charge is 2.16. The van der Waals surface area contributed by atoms with Crippen LogP contribution in [0.1, 0.15) is 71.4 Å². The van der Waals surface area contributed by atoms with Crippen LogP contribution in [-0.2, 0) is 12.8 Å². The van der Waals surface area contributed by atoms with Crippen molar-refractivity contribution in [3.63, 3.8) is 0 Å². The number of rotatable bonds is 7. The van der Waals surface area contributed by atoms with Crippen LogP contribution < -0.4 is 0 Å². The van der Waals surface area contributed by atoms with E-state index >= 15 is 0 Å². The van der Waals surface area contributed by atoms with E-state index in [0.29, 0.717) is 5.75 Å². The van der Waals surface area contributed by atoms with E-state index in [4.69, 9.17) is 0 Å². The maximum absolute atomic E-state index is 10.5. The van der Waals surface area contributed by atoms with Crippen LogP contribution in [0.5, 0.6) is 5.75 Å². The minimum atomic E-state index is 0.209. The fourth-order valence-corrected chi connectivity index (χ4v) is 3.37. The SMILES string of the molecule is CCCCc1cc(SC(C)(C)C)cc(CCCC)c1O. The van der Waals surface area contributed by atoms with Gasteiger partial charge in [-0.05, 0) is 48.9 Å². The number of aryl methyl sites for hydroxylation is 2. The second-order valence-corrected chi connectivity index (χ2v) is 8.41. The molecular formula is C18H30OS. The van der Waals surface area contributed by atoms with Crippen molar-refractivity contribution in [3.8, 4) is 5.75 Å². The fraction of sp³-hybridized carbons (Fsp3) is 0.667. The van der Waals surface area contributed by atoms with E-state index in [-0.39, 0.29) is 4.75 Å². The van der Waals surface area contributed by atoms with Crippen molar-refractivity contribution in [1.82, 2.24) is 0 Å². The third kappa shape index (κ3) is 5.78. The van der Waals surface area contributed by atoms with Gasteiger partial charge in [0.1, 0.15) is 5.75 Å². The quantitative estimate of drug-likeness (QED) is 0.625. The fourth-order valence-electron chi connectivity index (χ4n) is 2.26. The minimum absolute atomic E-state index is 0.209. The maximum atomic E-state index is 10.5. The largest absolute Gasteiger partial charge is 0.507 e. The average Bonchev–Trinajstić information content (AvgIpc) is 2.35. The Morgan fingerprint density at radius 1 is 0.950 bits per heavy atom. The van der Waals surface area contributed by atoms with E-state index < -0.39 is 0 Å². The average molecular weight is 295 g/mol. The maximum Gasteiger partial charge on any atom is 0.122 e. The number of hydrogen-bond acceptors (Lipinski definition) is 2. The summed E-state index contributed by atoms with van der Waals surface area (Å²) in [5, 5.41) is 10.5. The van der Waals surface area contributed by atoms with E-state index in [0.717, 1.165) is 36.8 Å². The first-order chi connectivity index (χ1) is 9.37. The number of benzene rings is 1. The Hall–Kier alpha value is -0.630. The molecule has 0 bridgehead atoms. The molecule has 0 aliphatic carbocycles. The number of phenols is 1. The van der Waals surface area contributed by atoms with E-state index in [1.54, 1.807) is 0 Å². The van der Waals surface area contributed by atoms with Crippen LogP contribution in [-0.4, -0.2) is 9.85 Å². The van der Waals surface area contributed by atoms with Crippen molar-refractivity contribution < 1.29 is 5.11 Å². The molecule has 20 heavy (non-hydrogen) atoms. The van der Waals surface area contributed by atoms with Gasteiger partial charge >= 0.3 is 0 Å². The minimum Gasteiger partial charge on any atom is -0.507 e. The van der Waals surface area contributed by atoms with Crippen LogP contribution in [0.4, 0.5) is 0 Å². The first-order valence-corrected chi connectivity index (χ1v) is 8.72. The van der Waals surface area contributed by atoms with Gasteiger partial charge < -0.3 is 5.11 Å². The van der Waals surface area contributed by atoms with Crippen molar-refractivity contribution >= 4 is 11.8 Å². The van der Waals surface area contributed by atoms with Gasteiger partial charge in [-0.2, -0.15) is 0 Å². The van der Waals surface area contributed by atoms with Crippen molar-refractivity contribution in [1.29, 1.82) is 0 Å². The summed E-state index contributed by atoms with van der Waals surface area (Å²) >= 11 is 1.89. The van der Waals surface area contributed by atoms with Gasteiger partial charge in [-0.25, -0.2) is 0 Å². The molecule has 1 rings (SSSR count). The van der Waals surface area contributed by atoms with Gasteiger partial charge in [0, 0.05) is 9.64 Å². The van der Waals surface area contributed by atoms with Crippen LogP contribution in [0.25, 0.3) is 0 Å². The molecule has 2 heteroatoms. The molecule has 0 saturated carbocycles. The molecule has 0 radical (unpaired) electrons. The summed E-state index contributed by atoms with van der Waals surface area (Å²) in [6.07, 6.45) is 6.59. The molecule has 0 fully saturated rings. The Labute approximate surface area is 129 Å². The van der Waals surface area contributed by atoms with Gasteiger partial charge in [-0.1, -0.05) is 47.5 Å². The molecule has 0 aliphatic heterocycles. The highest BCUT2D eigenvalue weighted by atomic mass is 32.2. The highest BCUT2D eigenvalue weighted by molar-refractivity contribution is 8.00. The van der Waals surface area contributed by atoms with E-state index in [2.05, 4.69) is 46.8 Å². The van der Waals surface area contributed by atoms with Crippen molar-refractivity contribution in [2.24, 2.45) is 0 Å². The lowest BCUT2D eigenvalue weighted by molar-refractivity contribution is 0.458. The first kappa shape index (κ1) is 17.4. The lowest BCUT2D eigenvalue weighted by Crippen LogP contribution is -2.07.